The van der Waals surface area contributed by atoms with Crippen LogP contribution in [0.25, 0.3) is 0 Å². The monoisotopic (exact) mass is 330 g/mol. The molecule has 0 saturated heterocycles. The topological polar surface area (TPSA) is 68.8 Å². The highest BCUT2D eigenvalue weighted by Crippen LogP contribution is 2.27. The number of methoxy groups -OCH3 is 3. The highest BCUT2D eigenvalue weighted by atomic mass is 16.5. The number of amides is 2. The first-order valence-corrected chi connectivity index (χ1v) is 7.52. The summed E-state index contributed by atoms with van der Waals surface area (Å²) >= 11 is 0. The van der Waals surface area contributed by atoms with Crippen LogP contribution in [0.4, 0.5) is 4.79 Å². The number of nitrogens with one attached hydrogen (secondary N) is 2. The second-order valence-electron chi connectivity index (χ2n) is 5.04. The molecule has 128 valence electrons. The van der Waals surface area contributed by atoms with Crippen LogP contribution in [0.3, 0.4) is 0 Å². The number of carbonyl (C=O) groups is 1. The lowest BCUT2D eigenvalue weighted by atomic mass is 10.2. The average molecular weight is 330 g/mol. The van der Waals surface area contributed by atoms with Crippen molar-refractivity contribution in [3.63, 3.8) is 0 Å². The number of urea groups is 1. The Morgan fingerprint density at radius 2 is 1.50 bits per heavy atom. The summed E-state index contributed by atoms with van der Waals surface area (Å²) in [5.74, 6) is 2.03. The van der Waals surface area contributed by atoms with Gasteiger partial charge in [-0.15, -0.1) is 0 Å². The first kappa shape index (κ1) is 17.5. The van der Waals surface area contributed by atoms with Crippen molar-refractivity contribution in [2.75, 3.05) is 21.3 Å². The lowest BCUT2D eigenvalue weighted by molar-refractivity contribution is 0.240. The summed E-state index contributed by atoms with van der Waals surface area (Å²) in [5.41, 5.74) is 1.83. The minimum atomic E-state index is -0.254. The van der Waals surface area contributed by atoms with E-state index in [0.717, 1.165) is 16.9 Å². The van der Waals surface area contributed by atoms with Gasteiger partial charge in [0.15, 0.2) is 11.5 Å². The van der Waals surface area contributed by atoms with Crippen molar-refractivity contribution in [2.24, 2.45) is 0 Å². The van der Waals surface area contributed by atoms with Gasteiger partial charge in [-0.1, -0.05) is 24.3 Å². The first-order chi connectivity index (χ1) is 11.7. The summed E-state index contributed by atoms with van der Waals surface area (Å²) in [4.78, 5) is 11.9. The van der Waals surface area contributed by atoms with Crippen LogP contribution >= 0.6 is 0 Å². The molecule has 0 heterocycles. The molecule has 0 unspecified atom stereocenters. The smallest absolute Gasteiger partial charge is 0.315 e. The van der Waals surface area contributed by atoms with Gasteiger partial charge in [0, 0.05) is 18.7 Å². The van der Waals surface area contributed by atoms with Crippen LogP contribution in [-0.4, -0.2) is 27.4 Å². The van der Waals surface area contributed by atoms with Crippen LogP contribution in [0.1, 0.15) is 11.1 Å². The number of ether oxygens (including phenoxy) is 3. The molecule has 2 rings (SSSR count). The van der Waals surface area contributed by atoms with Gasteiger partial charge in [-0.3, -0.25) is 0 Å². The maximum Gasteiger partial charge on any atom is 0.315 e. The fourth-order valence-electron chi connectivity index (χ4n) is 2.26. The number of carbonyl (C=O) groups excluding carboxylic acids is 1. The lowest BCUT2D eigenvalue weighted by Gasteiger charge is -2.12. The number of benzene rings is 2. The van der Waals surface area contributed by atoms with Gasteiger partial charge < -0.3 is 24.8 Å². The zero-order chi connectivity index (χ0) is 17.4. The molecule has 0 fully saturated rings. The van der Waals surface area contributed by atoms with E-state index in [1.165, 1.54) is 0 Å². The SMILES string of the molecule is COc1ccccc1CNC(=O)NCc1ccc(OC)c(OC)c1. The standard InChI is InChI=1S/C18H22N2O4/c1-22-15-7-5-4-6-14(15)12-20-18(21)19-11-13-8-9-16(23-2)17(10-13)24-3/h4-10H,11-12H2,1-3H3,(H2,19,20,21). The van der Waals surface area contributed by atoms with Crippen molar-refractivity contribution in [3.05, 3.63) is 53.6 Å². The molecule has 0 radical (unpaired) electrons. The van der Waals surface area contributed by atoms with Crippen LogP contribution in [0.2, 0.25) is 0 Å². The Kier molecular flexibility index (Phi) is 6.31. The van der Waals surface area contributed by atoms with E-state index in [9.17, 15) is 4.79 Å². The van der Waals surface area contributed by atoms with Gasteiger partial charge in [-0.25, -0.2) is 4.79 Å². The van der Waals surface area contributed by atoms with E-state index in [1.54, 1.807) is 21.3 Å². The molecule has 0 spiro atoms. The van der Waals surface area contributed by atoms with Crippen LogP contribution in [0.15, 0.2) is 42.5 Å². The summed E-state index contributed by atoms with van der Waals surface area (Å²) < 4.78 is 15.7. The molecule has 0 aliphatic heterocycles. The van der Waals surface area contributed by atoms with Crippen molar-refractivity contribution in [1.29, 1.82) is 0 Å². The zero-order valence-electron chi connectivity index (χ0n) is 14.1. The molecule has 0 aliphatic rings. The number of para-hydroxylation sites is 1. The Bertz CT molecular complexity index is 688. The summed E-state index contributed by atoms with van der Waals surface area (Å²) in [6, 6.07) is 12.8. The van der Waals surface area contributed by atoms with Gasteiger partial charge in [-0.2, -0.15) is 0 Å². The Labute approximate surface area is 141 Å². The molecule has 2 aromatic carbocycles. The van der Waals surface area contributed by atoms with E-state index in [0.29, 0.717) is 24.6 Å². The van der Waals surface area contributed by atoms with Crippen molar-refractivity contribution < 1.29 is 19.0 Å². The highest BCUT2D eigenvalue weighted by Gasteiger charge is 2.07. The second kappa shape index (κ2) is 8.67. The molecule has 2 aromatic rings. The van der Waals surface area contributed by atoms with Crippen molar-refractivity contribution in [1.82, 2.24) is 10.6 Å². The van der Waals surface area contributed by atoms with E-state index in [4.69, 9.17) is 14.2 Å². The second-order valence-corrected chi connectivity index (χ2v) is 5.04. The van der Waals surface area contributed by atoms with E-state index >= 15 is 0 Å². The molecule has 2 amide bonds. The highest BCUT2D eigenvalue weighted by molar-refractivity contribution is 5.74. The number of rotatable bonds is 7. The quantitative estimate of drug-likeness (QED) is 0.819. The third kappa shape index (κ3) is 4.55. The molecule has 0 saturated carbocycles. The van der Waals surface area contributed by atoms with Gasteiger partial charge in [0.05, 0.1) is 21.3 Å². The molecule has 0 aliphatic carbocycles. The summed E-state index contributed by atoms with van der Waals surface area (Å²) in [5, 5.41) is 5.62. The van der Waals surface area contributed by atoms with Crippen molar-refractivity contribution in [2.45, 2.75) is 13.1 Å². The largest absolute Gasteiger partial charge is 0.496 e. The predicted octanol–water partition coefficient (Wildman–Crippen LogP) is 2.71. The molecule has 24 heavy (non-hydrogen) atoms. The summed E-state index contributed by atoms with van der Waals surface area (Å²) in [6.07, 6.45) is 0. The maximum atomic E-state index is 11.9. The number of hydrogen-bond donors (Lipinski definition) is 2. The van der Waals surface area contributed by atoms with Gasteiger partial charge in [-0.05, 0) is 23.8 Å². The van der Waals surface area contributed by atoms with Crippen molar-refractivity contribution >= 4 is 6.03 Å². The summed E-state index contributed by atoms with van der Waals surface area (Å²) in [7, 11) is 4.77. The first-order valence-electron chi connectivity index (χ1n) is 7.52. The van der Waals surface area contributed by atoms with Gasteiger partial charge in [0.1, 0.15) is 5.75 Å². The molecule has 6 heteroatoms. The van der Waals surface area contributed by atoms with Gasteiger partial charge >= 0.3 is 6.03 Å². The summed E-state index contributed by atoms with van der Waals surface area (Å²) in [6.45, 7) is 0.778. The van der Waals surface area contributed by atoms with Crippen LogP contribution in [0.5, 0.6) is 17.2 Å². The molecule has 0 bridgehead atoms. The maximum absolute atomic E-state index is 11.9. The zero-order valence-corrected chi connectivity index (χ0v) is 14.1. The third-order valence-corrected chi connectivity index (χ3v) is 3.53. The van der Waals surface area contributed by atoms with E-state index in [2.05, 4.69) is 10.6 Å². The minimum Gasteiger partial charge on any atom is -0.496 e. The van der Waals surface area contributed by atoms with E-state index in [-0.39, 0.29) is 6.03 Å². The Hall–Kier alpha value is -2.89. The molecule has 6 nitrogen and oxygen atoms in total. The Morgan fingerprint density at radius 1 is 0.833 bits per heavy atom. The van der Waals surface area contributed by atoms with Crippen LogP contribution in [-0.2, 0) is 13.1 Å². The van der Waals surface area contributed by atoms with Crippen LogP contribution < -0.4 is 24.8 Å². The Morgan fingerprint density at radius 3 is 2.21 bits per heavy atom. The minimum absolute atomic E-state index is 0.254. The molecule has 0 atom stereocenters. The van der Waals surface area contributed by atoms with Crippen molar-refractivity contribution in [3.8, 4) is 17.2 Å². The molecule has 0 aromatic heterocycles. The average Bonchev–Trinajstić information content (AvgIpc) is 2.64. The number of hydrogen-bond acceptors (Lipinski definition) is 4. The Balaban J connectivity index is 1.87. The van der Waals surface area contributed by atoms with Crippen LogP contribution in [0, 0.1) is 0 Å². The van der Waals surface area contributed by atoms with Gasteiger partial charge in [0.2, 0.25) is 0 Å². The molecular formula is C18H22N2O4. The lowest BCUT2D eigenvalue weighted by Crippen LogP contribution is -2.34. The van der Waals surface area contributed by atoms with Gasteiger partial charge in [0.25, 0.3) is 0 Å². The fourth-order valence-corrected chi connectivity index (χ4v) is 2.26. The normalized spacial score (nSPS) is 9.96. The van der Waals surface area contributed by atoms with E-state index in [1.807, 2.05) is 42.5 Å². The molecular weight excluding hydrogens is 308 g/mol. The van der Waals surface area contributed by atoms with E-state index < -0.39 is 0 Å². The predicted molar refractivity (Wildman–Crippen MR) is 91.6 cm³/mol. The fraction of sp³-hybridized carbons (Fsp3) is 0.278. The third-order valence-electron chi connectivity index (χ3n) is 3.53. The molecule has 2 N–H and O–H groups in total.